The summed E-state index contributed by atoms with van der Waals surface area (Å²) in [4.78, 5) is 15.7. The van der Waals surface area contributed by atoms with E-state index in [1.165, 1.54) is 22.3 Å². The summed E-state index contributed by atoms with van der Waals surface area (Å²) < 4.78 is 2.20. The number of aliphatic hydroxyl groups excluding tert-OH is 1. The van der Waals surface area contributed by atoms with Crippen LogP contribution in [0.4, 0.5) is 11.4 Å². The fourth-order valence-corrected chi connectivity index (χ4v) is 6.15. The van der Waals surface area contributed by atoms with Gasteiger partial charge in [-0.05, 0) is 62.6 Å². The Labute approximate surface area is 249 Å². The van der Waals surface area contributed by atoms with Gasteiger partial charge in [-0.15, -0.1) is 6.58 Å². The molecule has 202 valence electrons. The number of nitrogens with zero attached hydrogens (tertiary/aromatic N) is 2. The summed E-state index contributed by atoms with van der Waals surface area (Å²) in [6.45, 7) is 22.0. The van der Waals surface area contributed by atoms with Gasteiger partial charge in [-0.2, -0.15) is 4.58 Å². The molecule has 5 rings (SSSR count). The molecule has 2 heterocycles. The Balaban J connectivity index is 0.00000353. The molecule has 2 aromatic carbocycles. The van der Waals surface area contributed by atoms with Crippen LogP contribution in [0.1, 0.15) is 49.9 Å². The molecule has 0 atom stereocenters. The van der Waals surface area contributed by atoms with Crippen molar-refractivity contribution in [2.75, 3.05) is 18.0 Å². The highest BCUT2D eigenvalue weighted by Crippen LogP contribution is 2.49. The van der Waals surface area contributed by atoms with E-state index >= 15 is 0 Å². The van der Waals surface area contributed by atoms with Crippen molar-refractivity contribution in [3.8, 4) is 0 Å². The fraction of sp³-hybridized carbons (Fsp3) is 0.294. The Bertz CT molecular complexity index is 1550. The minimum absolute atomic E-state index is 0. The average molecular weight is 633 g/mol. The molecule has 0 saturated heterocycles. The largest absolute Gasteiger partial charge is 1.00 e. The number of allylic oxidation sites excluding steroid dienone is 5. The third-order valence-electron chi connectivity index (χ3n) is 8.28. The minimum atomic E-state index is -0.318. The number of benzene rings is 2. The van der Waals surface area contributed by atoms with E-state index in [2.05, 4.69) is 101 Å². The van der Waals surface area contributed by atoms with Crippen LogP contribution in [0.2, 0.25) is 0 Å². The number of hydrogen-bond donors (Lipinski definition) is 1. The highest BCUT2D eigenvalue weighted by molar-refractivity contribution is 6.24. The predicted molar refractivity (Wildman–Crippen MR) is 157 cm³/mol. The maximum absolute atomic E-state index is 13.5. The smallest absolute Gasteiger partial charge is 0.210 e. The van der Waals surface area contributed by atoms with E-state index in [9.17, 15) is 9.90 Å². The summed E-state index contributed by atoms with van der Waals surface area (Å²) in [6.07, 6.45) is 7.49. The van der Waals surface area contributed by atoms with Crippen LogP contribution < -0.4 is 28.9 Å². The molecule has 2 aliphatic heterocycles. The van der Waals surface area contributed by atoms with Crippen molar-refractivity contribution >= 4 is 22.9 Å². The molecule has 39 heavy (non-hydrogen) atoms. The van der Waals surface area contributed by atoms with Gasteiger partial charge >= 0.3 is 0 Å². The van der Waals surface area contributed by atoms with E-state index in [0.717, 1.165) is 22.8 Å². The van der Waals surface area contributed by atoms with E-state index in [1.807, 2.05) is 24.3 Å². The second-order valence-corrected chi connectivity index (χ2v) is 11.7. The molecule has 0 aromatic heterocycles. The lowest BCUT2D eigenvalue weighted by atomic mass is 9.77. The summed E-state index contributed by atoms with van der Waals surface area (Å²) in [6, 6.07) is 12.9. The number of carbonyl (C=O) groups is 1. The zero-order valence-electron chi connectivity index (χ0n) is 23.7. The topological polar surface area (TPSA) is 43.5 Å². The minimum Gasteiger partial charge on any atom is -1.00 e. The molecule has 5 heteroatoms. The van der Waals surface area contributed by atoms with Crippen LogP contribution in [0.5, 0.6) is 0 Å². The van der Waals surface area contributed by atoms with Crippen LogP contribution in [0.15, 0.2) is 96.5 Å². The normalized spacial score (nSPS) is 20.7. The van der Waals surface area contributed by atoms with Crippen LogP contribution in [0, 0.1) is 13.8 Å². The number of Topliss-reactive ketones (excluding diaryl/α,β-unsaturated/α-hetero) is 1. The van der Waals surface area contributed by atoms with E-state index in [-0.39, 0.29) is 46.3 Å². The number of halogens is 1. The van der Waals surface area contributed by atoms with Crippen molar-refractivity contribution in [1.29, 1.82) is 0 Å². The van der Waals surface area contributed by atoms with E-state index in [0.29, 0.717) is 24.2 Å². The van der Waals surface area contributed by atoms with Gasteiger partial charge in [0.1, 0.15) is 5.76 Å². The molecule has 3 aliphatic rings. The Morgan fingerprint density at radius 2 is 1.56 bits per heavy atom. The lowest BCUT2D eigenvalue weighted by molar-refractivity contribution is -0.425. The fourth-order valence-electron chi connectivity index (χ4n) is 6.15. The quantitative estimate of drug-likeness (QED) is 0.226. The third-order valence-corrected chi connectivity index (χ3v) is 8.28. The first-order valence-corrected chi connectivity index (χ1v) is 13.2. The van der Waals surface area contributed by atoms with Crippen molar-refractivity contribution in [1.82, 2.24) is 0 Å². The average Bonchev–Trinajstić information content (AvgIpc) is 3.19. The SMILES string of the molecule is C=CCN1/C(=C/C2=C(O)C(=C\C3=[N+](CC=C)c4cc(C)ccc4C3(C)C)/C2=O)C(C)(C)c2ccc(C)cc21.[I-]. The van der Waals surface area contributed by atoms with Crippen molar-refractivity contribution in [2.24, 2.45) is 0 Å². The molecule has 1 N–H and O–H groups in total. The summed E-state index contributed by atoms with van der Waals surface area (Å²) in [5, 5.41) is 11.2. The number of anilines is 1. The van der Waals surface area contributed by atoms with Gasteiger partial charge in [-0.1, -0.05) is 50.8 Å². The van der Waals surface area contributed by atoms with Crippen LogP contribution in [-0.2, 0) is 15.6 Å². The van der Waals surface area contributed by atoms with Gasteiger partial charge in [0.25, 0.3) is 0 Å². The molecule has 0 radical (unpaired) electrons. The Morgan fingerprint density at radius 3 is 2.18 bits per heavy atom. The maximum atomic E-state index is 13.5. The van der Waals surface area contributed by atoms with E-state index in [4.69, 9.17) is 0 Å². The Kier molecular flexibility index (Phi) is 7.45. The number of fused-ring (bicyclic) bond motifs is 2. The van der Waals surface area contributed by atoms with Gasteiger partial charge in [-0.25, -0.2) is 0 Å². The zero-order chi connectivity index (χ0) is 27.6. The van der Waals surface area contributed by atoms with Gasteiger partial charge in [0.15, 0.2) is 12.3 Å². The Morgan fingerprint density at radius 1 is 0.923 bits per heavy atom. The first kappa shape index (κ1) is 28.8. The second-order valence-electron chi connectivity index (χ2n) is 11.7. The van der Waals surface area contributed by atoms with E-state index in [1.54, 1.807) is 0 Å². The molecule has 0 amide bonds. The molecule has 0 saturated carbocycles. The van der Waals surface area contributed by atoms with Crippen molar-refractivity contribution in [3.05, 3.63) is 119 Å². The molecule has 0 unspecified atom stereocenters. The van der Waals surface area contributed by atoms with Gasteiger partial charge in [-0.3, -0.25) is 4.79 Å². The standard InChI is InChI=1S/C34H36N2O2.HI/c1-9-15-35-27-17-21(3)11-13-25(27)33(5,6)29(35)19-23-31(37)24(32(23)38)20-30-34(7,8)26-14-12-22(4)18-28(26)36(30)16-10-2;/h9-14,17-20H,1-2,15-16H2,3-8H3;1H. The summed E-state index contributed by atoms with van der Waals surface area (Å²) in [5.41, 5.74) is 9.07. The summed E-state index contributed by atoms with van der Waals surface area (Å²) in [7, 11) is 0. The summed E-state index contributed by atoms with van der Waals surface area (Å²) >= 11 is 0. The Hall–Kier alpha value is -3.19. The zero-order valence-corrected chi connectivity index (χ0v) is 25.9. The second kappa shape index (κ2) is 10.1. The number of aryl methyl sites for hydroxylation is 2. The van der Waals surface area contributed by atoms with Crippen LogP contribution in [0.3, 0.4) is 0 Å². The first-order chi connectivity index (χ1) is 17.9. The molecule has 4 nitrogen and oxygen atoms in total. The molecular weight excluding hydrogens is 595 g/mol. The van der Waals surface area contributed by atoms with Crippen molar-refractivity contribution in [3.63, 3.8) is 0 Å². The van der Waals surface area contributed by atoms with Gasteiger partial charge in [0.05, 0.1) is 16.6 Å². The first-order valence-electron chi connectivity index (χ1n) is 13.2. The number of rotatable bonds is 6. The lowest BCUT2D eigenvalue weighted by Crippen LogP contribution is -3.00. The number of hydrogen-bond acceptors (Lipinski definition) is 3. The number of aliphatic hydroxyl groups is 1. The molecule has 0 fully saturated rings. The van der Waals surface area contributed by atoms with Crippen molar-refractivity contribution < 1.29 is 38.5 Å². The highest BCUT2D eigenvalue weighted by Gasteiger charge is 2.47. The van der Waals surface area contributed by atoms with Gasteiger partial charge in [0, 0.05) is 41.1 Å². The summed E-state index contributed by atoms with van der Waals surface area (Å²) in [5.74, 6) is -0.0801. The molecule has 0 spiro atoms. The van der Waals surface area contributed by atoms with Crippen LogP contribution >= 0.6 is 0 Å². The molecule has 2 aromatic rings. The van der Waals surface area contributed by atoms with Crippen molar-refractivity contribution in [2.45, 2.75) is 52.4 Å². The maximum Gasteiger partial charge on any atom is 0.210 e. The molecule has 0 bridgehead atoms. The third kappa shape index (κ3) is 4.35. The molecular formula is C34H37IN2O2. The van der Waals surface area contributed by atoms with Gasteiger partial charge < -0.3 is 34.0 Å². The number of carbonyl (C=O) groups excluding carboxylic acids is 1. The van der Waals surface area contributed by atoms with Crippen LogP contribution in [-0.4, -0.2) is 34.3 Å². The lowest BCUT2D eigenvalue weighted by Gasteiger charge is -2.28. The van der Waals surface area contributed by atoms with Crippen LogP contribution in [0.25, 0.3) is 0 Å². The van der Waals surface area contributed by atoms with Gasteiger partial charge in [0.2, 0.25) is 11.5 Å². The predicted octanol–water partition coefficient (Wildman–Crippen LogP) is 4.06. The number of ketones is 1. The highest BCUT2D eigenvalue weighted by atomic mass is 127. The monoisotopic (exact) mass is 632 g/mol. The van der Waals surface area contributed by atoms with E-state index < -0.39 is 0 Å². The molecule has 1 aliphatic carbocycles.